The van der Waals surface area contributed by atoms with E-state index in [0.717, 1.165) is 6.07 Å². The smallest absolute Gasteiger partial charge is 0.274 e. The van der Waals surface area contributed by atoms with Gasteiger partial charge in [0.2, 0.25) is 5.43 Å². The lowest BCUT2D eigenvalue weighted by molar-refractivity contribution is 0.0569. The summed E-state index contributed by atoms with van der Waals surface area (Å²) in [4.78, 5) is 39.5. The van der Waals surface area contributed by atoms with Gasteiger partial charge in [0.15, 0.2) is 11.4 Å². The van der Waals surface area contributed by atoms with E-state index in [1.54, 1.807) is 6.92 Å². The van der Waals surface area contributed by atoms with Crippen molar-refractivity contribution in [1.29, 1.82) is 0 Å². The monoisotopic (exact) mass is 419 g/mol. The van der Waals surface area contributed by atoms with Crippen molar-refractivity contribution in [2.75, 3.05) is 19.8 Å². The summed E-state index contributed by atoms with van der Waals surface area (Å²) in [5.74, 6) is -3.77. The highest BCUT2D eigenvalue weighted by Crippen LogP contribution is 2.34. The van der Waals surface area contributed by atoms with E-state index < -0.39 is 34.6 Å². The first-order valence-electron chi connectivity index (χ1n) is 9.42. The van der Waals surface area contributed by atoms with Gasteiger partial charge >= 0.3 is 0 Å². The number of nitrogens with zero attached hydrogens (tertiary/aromatic N) is 2. The first kappa shape index (κ1) is 20.0. The Kier molecular flexibility index (Phi) is 5.02. The molecule has 0 bridgehead atoms. The predicted octanol–water partition coefficient (Wildman–Crippen LogP) is 1.18. The van der Waals surface area contributed by atoms with Crippen molar-refractivity contribution in [2.24, 2.45) is 0 Å². The quantitative estimate of drug-likeness (QED) is 0.775. The summed E-state index contributed by atoms with van der Waals surface area (Å²) in [6, 6.07) is 2.29. The Morgan fingerprint density at radius 1 is 1.27 bits per heavy atom. The molecule has 10 heteroatoms. The number of pyridine rings is 1. The number of carbonyl (C=O) groups is 2. The van der Waals surface area contributed by atoms with Crippen LogP contribution < -0.4 is 10.7 Å². The zero-order valence-electron chi connectivity index (χ0n) is 16.0. The fourth-order valence-electron chi connectivity index (χ4n) is 3.95. The largest absolute Gasteiger partial charge is 0.503 e. The van der Waals surface area contributed by atoms with Gasteiger partial charge in [-0.1, -0.05) is 6.07 Å². The third kappa shape index (κ3) is 3.13. The van der Waals surface area contributed by atoms with Crippen LogP contribution in [0.15, 0.2) is 29.2 Å². The average molecular weight is 419 g/mol. The second-order valence-electron chi connectivity index (χ2n) is 7.16. The molecular formula is C20H19F2N3O5. The van der Waals surface area contributed by atoms with Crippen molar-refractivity contribution < 1.29 is 28.2 Å². The molecule has 1 aromatic heterocycles. The van der Waals surface area contributed by atoms with Crippen molar-refractivity contribution in [3.63, 3.8) is 0 Å². The average Bonchev–Trinajstić information content (AvgIpc) is 3.19. The van der Waals surface area contributed by atoms with Gasteiger partial charge in [-0.3, -0.25) is 14.4 Å². The normalized spacial score (nSPS) is 20.1. The molecule has 2 N–H and O–H groups in total. The van der Waals surface area contributed by atoms with Crippen molar-refractivity contribution in [3.05, 3.63) is 63.1 Å². The standard InChI is InChI=1S/C20H19F2N3O5/c1-2-24-14-8-30-9-15(14)25-7-12(17(26)18(27)16(25)20(24)29)19(28)23-6-10-3-4-11(21)5-13(10)22/h3-5,7,14-15,27H,2,6,8-9H2,1H3,(H,23,28)/t14-,15?/m0/s1. The third-order valence-electron chi connectivity index (χ3n) is 5.49. The molecule has 2 aliphatic heterocycles. The van der Waals surface area contributed by atoms with Gasteiger partial charge < -0.3 is 24.6 Å². The van der Waals surface area contributed by atoms with Crippen LogP contribution in [0.3, 0.4) is 0 Å². The maximum Gasteiger partial charge on any atom is 0.274 e. The fraction of sp³-hybridized carbons (Fsp3) is 0.350. The lowest BCUT2D eigenvalue weighted by atomic mass is 10.0. The minimum atomic E-state index is -1.000. The van der Waals surface area contributed by atoms with E-state index in [2.05, 4.69) is 5.32 Å². The first-order chi connectivity index (χ1) is 14.3. The number of carbonyl (C=O) groups excluding carboxylic acids is 2. The molecule has 2 atom stereocenters. The predicted molar refractivity (Wildman–Crippen MR) is 100 cm³/mol. The van der Waals surface area contributed by atoms with E-state index in [0.29, 0.717) is 19.2 Å². The van der Waals surface area contributed by atoms with Gasteiger partial charge in [-0.05, 0) is 13.0 Å². The van der Waals surface area contributed by atoms with E-state index >= 15 is 0 Å². The van der Waals surface area contributed by atoms with Crippen molar-refractivity contribution >= 4 is 11.8 Å². The Bertz CT molecular complexity index is 1100. The Hall–Kier alpha value is -3.27. The molecule has 2 aliphatic rings. The lowest BCUT2D eigenvalue weighted by Crippen LogP contribution is -2.51. The summed E-state index contributed by atoms with van der Waals surface area (Å²) >= 11 is 0. The molecule has 0 aliphatic carbocycles. The van der Waals surface area contributed by atoms with Gasteiger partial charge in [-0.2, -0.15) is 0 Å². The molecule has 4 rings (SSSR count). The molecule has 1 saturated heterocycles. The van der Waals surface area contributed by atoms with Crippen LogP contribution in [0.25, 0.3) is 0 Å². The fourth-order valence-corrected chi connectivity index (χ4v) is 3.95. The van der Waals surface area contributed by atoms with Gasteiger partial charge in [0.25, 0.3) is 11.8 Å². The molecule has 3 heterocycles. The summed E-state index contributed by atoms with van der Waals surface area (Å²) in [5.41, 5.74) is -1.54. The molecule has 8 nitrogen and oxygen atoms in total. The number of rotatable bonds is 4. The van der Waals surface area contributed by atoms with Crippen LogP contribution in [0.5, 0.6) is 5.75 Å². The van der Waals surface area contributed by atoms with E-state index in [1.807, 2.05) is 0 Å². The summed E-state index contributed by atoms with van der Waals surface area (Å²) in [5, 5.41) is 12.8. The van der Waals surface area contributed by atoms with E-state index in [4.69, 9.17) is 4.74 Å². The second-order valence-corrected chi connectivity index (χ2v) is 7.16. The number of hydrogen-bond donors (Lipinski definition) is 2. The zero-order chi connectivity index (χ0) is 21.6. The van der Waals surface area contributed by atoms with E-state index in [1.165, 1.54) is 21.7 Å². The maximum atomic E-state index is 13.8. The minimum absolute atomic E-state index is 0.0325. The second kappa shape index (κ2) is 7.52. The maximum absolute atomic E-state index is 13.8. The van der Waals surface area contributed by atoms with Crippen LogP contribution in [-0.4, -0.2) is 52.2 Å². The summed E-state index contributed by atoms with van der Waals surface area (Å²) < 4.78 is 33.7. The van der Waals surface area contributed by atoms with E-state index in [-0.39, 0.29) is 42.1 Å². The number of nitrogens with one attached hydrogen (secondary N) is 1. The number of aromatic hydroxyl groups is 1. The molecule has 1 aromatic carbocycles. The van der Waals surface area contributed by atoms with Crippen molar-refractivity contribution in [2.45, 2.75) is 25.6 Å². The van der Waals surface area contributed by atoms with Crippen LogP contribution in [0.4, 0.5) is 8.78 Å². The van der Waals surface area contributed by atoms with E-state index in [9.17, 15) is 28.3 Å². The number of fused-ring (bicyclic) bond motifs is 3. The number of hydrogen-bond acceptors (Lipinski definition) is 5. The molecule has 0 saturated carbocycles. The topological polar surface area (TPSA) is 101 Å². The Balaban J connectivity index is 1.68. The molecule has 0 radical (unpaired) electrons. The lowest BCUT2D eigenvalue weighted by Gasteiger charge is -2.38. The Labute approximate surface area is 169 Å². The van der Waals surface area contributed by atoms with Gasteiger partial charge in [0.1, 0.15) is 17.2 Å². The zero-order valence-corrected chi connectivity index (χ0v) is 16.0. The molecule has 2 aromatic rings. The third-order valence-corrected chi connectivity index (χ3v) is 5.49. The molecule has 0 spiro atoms. The summed E-state index contributed by atoms with van der Waals surface area (Å²) in [7, 11) is 0. The molecule has 1 fully saturated rings. The number of amides is 2. The number of likely N-dealkylation sites (N-methyl/N-ethyl adjacent to an activating group) is 1. The van der Waals surface area contributed by atoms with Crippen LogP contribution in [0.1, 0.15) is 39.4 Å². The summed E-state index contributed by atoms with van der Waals surface area (Å²) in [6.45, 7) is 2.44. The Morgan fingerprint density at radius 2 is 2.00 bits per heavy atom. The number of halogens is 2. The molecular weight excluding hydrogens is 400 g/mol. The number of ether oxygens (including phenoxy) is 1. The first-order valence-corrected chi connectivity index (χ1v) is 9.42. The highest BCUT2D eigenvalue weighted by atomic mass is 19.1. The Morgan fingerprint density at radius 3 is 2.70 bits per heavy atom. The van der Waals surface area contributed by atoms with Gasteiger partial charge in [0, 0.05) is 30.9 Å². The molecule has 2 amide bonds. The van der Waals surface area contributed by atoms with Crippen LogP contribution in [-0.2, 0) is 11.3 Å². The van der Waals surface area contributed by atoms with Crippen molar-refractivity contribution in [1.82, 2.24) is 14.8 Å². The summed E-state index contributed by atoms with van der Waals surface area (Å²) in [6.07, 6.45) is 1.23. The van der Waals surface area contributed by atoms with Gasteiger partial charge in [-0.25, -0.2) is 8.78 Å². The molecule has 1 unspecified atom stereocenters. The van der Waals surface area contributed by atoms with Crippen molar-refractivity contribution in [3.8, 4) is 5.75 Å². The van der Waals surface area contributed by atoms with Crippen LogP contribution in [0, 0.1) is 11.6 Å². The van der Waals surface area contributed by atoms with Crippen LogP contribution in [0.2, 0.25) is 0 Å². The molecule has 30 heavy (non-hydrogen) atoms. The van der Waals surface area contributed by atoms with Crippen LogP contribution >= 0.6 is 0 Å². The highest BCUT2D eigenvalue weighted by Gasteiger charge is 2.44. The number of benzene rings is 1. The SMILES string of the molecule is CCN1C(=O)c2c(O)c(=O)c(C(=O)NCc3ccc(F)cc3F)cn2C2COC[C@@H]21. The number of aromatic nitrogens is 1. The van der Waals surface area contributed by atoms with Gasteiger partial charge in [0.05, 0.1) is 25.3 Å². The molecule has 158 valence electrons. The van der Waals surface area contributed by atoms with Gasteiger partial charge in [-0.15, -0.1) is 0 Å². The highest BCUT2D eigenvalue weighted by molar-refractivity contribution is 5.99. The minimum Gasteiger partial charge on any atom is -0.503 e.